The van der Waals surface area contributed by atoms with Crippen molar-refractivity contribution in [3.63, 3.8) is 0 Å². The predicted octanol–water partition coefficient (Wildman–Crippen LogP) is 1.31. The number of fused-ring (bicyclic) bond motifs is 2. The van der Waals surface area contributed by atoms with Gasteiger partial charge in [-0.25, -0.2) is 15.1 Å². The van der Waals surface area contributed by atoms with Crippen molar-refractivity contribution in [3.8, 4) is 0 Å². The van der Waals surface area contributed by atoms with Crippen molar-refractivity contribution in [1.82, 2.24) is 25.1 Å². The summed E-state index contributed by atoms with van der Waals surface area (Å²) in [6, 6.07) is 3.12. The summed E-state index contributed by atoms with van der Waals surface area (Å²) in [6.45, 7) is 3.47. The SMILES string of the molecule is Cc1ncc2c(n1)C1(CCCN(C(=O)CCc3ccc(=O)[nH]n3)C1)CC2. The highest BCUT2D eigenvalue weighted by atomic mass is 16.2. The fourth-order valence-electron chi connectivity index (χ4n) is 4.28. The molecule has 0 bridgehead atoms. The van der Waals surface area contributed by atoms with E-state index >= 15 is 0 Å². The highest BCUT2D eigenvalue weighted by molar-refractivity contribution is 5.76. The molecule has 7 nitrogen and oxygen atoms in total. The van der Waals surface area contributed by atoms with Crippen molar-refractivity contribution in [2.45, 2.75) is 50.9 Å². The summed E-state index contributed by atoms with van der Waals surface area (Å²) in [6.07, 6.45) is 7.04. The van der Waals surface area contributed by atoms with Crippen LogP contribution in [0.2, 0.25) is 0 Å². The second-order valence-electron chi connectivity index (χ2n) is 7.40. The number of carbonyl (C=O) groups is 1. The number of nitrogens with zero attached hydrogens (tertiary/aromatic N) is 4. The Morgan fingerprint density at radius 3 is 3.04 bits per heavy atom. The Morgan fingerprint density at radius 1 is 1.35 bits per heavy atom. The minimum Gasteiger partial charge on any atom is -0.342 e. The van der Waals surface area contributed by atoms with Gasteiger partial charge < -0.3 is 4.90 Å². The number of aryl methyl sites for hydroxylation is 3. The van der Waals surface area contributed by atoms with Gasteiger partial charge in [-0.05, 0) is 44.2 Å². The average Bonchev–Trinajstić information content (AvgIpc) is 2.98. The lowest BCUT2D eigenvalue weighted by atomic mass is 9.77. The standard InChI is InChI=1S/C19H23N5O2/c1-13-20-11-14-7-9-19(18(14)21-13)8-2-10-24(12-19)17(26)6-4-15-3-5-16(25)23-22-15/h3,5,11H,2,4,6-10,12H2,1H3,(H,23,25). The number of aromatic amines is 1. The van der Waals surface area contributed by atoms with E-state index in [1.54, 1.807) is 6.07 Å². The normalized spacial score (nSPS) is 21.8. The van der Waals surface area contributed by atoms with E-state index in [-0.39, 0.29) is 16.9 Å². The van der Waals surface area contributed by atoms with Gasteiger partial charge in [-0.2, -0.15) is 5.10 Å². The van der Waals surface area contributed by atoms with Crippen LogP contribution < -0.4 is 5.56 Å². The molecular formula is C19H23N5O2. The van der Waals surface area contributed by atoms with Gasteiger partial charge in [0, 0.05) is 43.6 Å². The maximum atomic E-state index is 12.8. The first-order valence-electron chi connectivity index (χ1n) is 9.21. The zero-order valence-electron chi connectivity index (χ0n) is 15.0. The molecule has 0 aromatic carbocycles. The van der Waals surface area contributed by atoms with Gasteiger partial charge in [-0.15, -0.1) is 0 Å². The predicted molar refractivity (Wildman–Crippen MR) is 95.8 cm³/mol. The first-order chi connectivity index (χ1) is 12.6. The molecule has 0 radical (unpaired) electrons. The van der Waals surface area contributed by atoms with E-state index in [4.69, 9.17) is 4.98 Å². The molecule has 1 amide bonds. The van der Waals surface area contributed by atoms with Gasteiger partial charge in [0.25, 0.3) is 5.56 Å². The first kappa shape index (κ1) is 16.9. The highest BCUT2D eigenvalue weighted by Crippen LogP contribution is 2.43. The van der Waals surface area contributed by atoms with E-state index in [2.05, 4.69) is 15.2 Å². The number of likely N-dealkylation sites (tertiary alicyclic amines) is 1. The van der Waals surface area contributed by atoms with Crippen molar-refractivity contribution >= 4 is 5.91 Å². The lowest BCUT2D eigenvalue weighted by Gasteiger charge is -2.40. The van der Waals surface area contributed by atoms with Crippen LogP contribution in [0.3, 0.4) is 0 Å². The van der Waals surface area contributed by atoms with E-state index in [1.807, 2.05) is 18.0 Å². The van der Waals surface area contributed by atoms with Crippen LogP contribution in [0, 0.1) is 6.92 Å². The fourth-order valence-corrected chi connectivity index (χ4v) is 4.28. The van der Waals surface area contributed by atoms with Crippen molar-refractivity contribution in [2.75, 3.05) is 13.1 Å². The number of aromatic nitrogens is 4. The minimum atomic E-state index is -0.227. The maximum Gasteiger partial charge on any atom is 0.264 e. The fraction of sp³-hybridized carbons (Fsp3) is 0.526. The van der Waals surface area contributed by atoms with Crippen molar-refractivity contribution < 1.29 is 4.79 Å². The number of H-pyrrole nitrogens is 1. The van der Waals surface area contributed by atoms with Gasteiger partial charge >= 0.3 is 0 Å². The molecule has 1 fully saturated rings. The summed E-state index contributed by atoms with van der Waals surface area (Å²) in [5.41, 5.74) is 2.90. The van der Waals surface area contributed by atoms with Crippen molar-refractivity contribution in [2.24, 2.45) is 0 Å². The molecule has 7 heteroatoms. The first-order valence-corrected chi connectivity index (χ1v) is 9.21. The Bertz CT molecular complexity index is 869. The maximum absolute atomic E-state index is 12.8. The Morgan fingerprint density at radius 2 is 2.23 bits per heavy atom. The number of amides is 1. The van der Waals surface area contributed by atoms with E-state index in [1.165, 1.54) is 11.6 Å². The zero-order chi connectivity index (χ0) is 18.1. The number of rotatable bonds is 3. The number of nitrogens with one attached hydrogen (secondary N) is 1. The molecule has 26 heavy (non-hydrogen) atoms. The molecule has 2 aromatic heterocycles. The van der Waals surface area contributed by atoms with Gasteiger partial charge in [0.15, 0.2) is 0 Å². The third-order valence-corrected chi connectivity index (χ3v) is 5.62. The molecule has 2 aliphatic rings. The second kappa shape index (κ2) is 6.63. The van der Waals surface area contributed by atoms with Gasteiger partial charge in [0.1, 0.15) is 5.82 Å². The van der Waals surface area contributed by atoms with Crippen LogP contribution >= 0.6 is 0 Å². The molecule has 1 spiro atoms. The van der Waals surface area contributed by atoms with Gasteiger partial charge in [-0.3, -0.25) is 9.59 Å². The molecule has 2 aromatic rings. The molecule has 1 N–H and O–H groups in total. The zero-order valence-corrected chi connectivity index (χ0v) is 15.0. The van der Waals surface area contributed by atoms with E-state index in [0.29, 0.717) is 12.8 Å². The molecule has 1 aliphatic heterocycles. The van der Waals surface area contributed by atoms with Crippen LogP contribution in [0.25, 0.3) is 0 Å². The molecular weight excluding hydrogens is 330 g/mol. The number of carbonyl (C=O) groups excluding carboxylic acids is 1. The van der Waals surface area contributed by atoms with Gasteiger partial charge in [0.2, 0.25) is 5.91 Å². The number of hydrogen-bond donors (Lipinski definition) is 1. The Labute approximate surface area is 151 Å². The Balaban J connectivity index is 1.46. The largest absolute Gasteiger partial charge is 0.342 e. The van der Waals surface area contributed by atoms with Crippen LogP contribution in [0.15, 0.2) is 23.1 Å². The van der Waals surface area contributed by atoms with E-state index < -0.39 is 0 Å². The molecule has 136 valence electrons. The Kier molecular flexibility index (Phi) is 4.30. The summed E-state index contributed by atoms with van der Waals surface area (Å²) in [5, 5.41) is 6.39. The van der Waals surface area contributed by atoms with Crippen LogP contribution in [0.5, 0.6) is 0 Å². The van der Waals surface area contributed by atoms with Crippen LogP contribution in [-0.4, -0.2) is 44.1 Å². The number of piperidine rings is 1. The molecule has 1 saturated heterocycles. The van der Waals surface area contributed by atoms with Crippen LogP contribution in [-0.2, 0) is 23.1 Å². The van der Waals surface area contributed by atoms with Crippen LogP contribution in [0.4, 0.5) is 0 Å². The topological polar surface area (TPSA) is 91.8 Å². The monoisotopic (exact) mass is 353 g/mol. The van der Waals surface area contributed by atoms with Crippen molar-refractivity contribution in [1.29, 1.82) is 0 Å². The Hall–Kier alpha value is -2.57. The van der Waals surface area contributed by atoms with Gasteiger partial charge in [0.05, 0.1) is 11.4 Å². The molecule has 0 saturated carbocycles. The van der Waals surface area contributed by atoms with Crippen LogP contribution in [0.1, 0.15) is 48.5 Å². The number of hydrogen-bond acceptors (Lipinski definition) is 5. The third-order valence-electron chi connectivity index (χ3n) is 5.62. The minimum absolute atomic E-state index is 0.00677. The molecule has 1 unspecified atom stereocenters. The highest BCUT2D eigenvalue weighted by Gasteiger charge is 2.44. The van der Waals surface area contributed by atoms with Crippen molar-refractivity contribution in [3.05, 3.63) is 51.5 Å². The summed E-state index contributed by atoms with van der Waals surface area (Å²) >= 11 is 0. The summed E-state index contributed by atoms with van der Waals surface area (Å²) < 4.78 is 0. The summed E-state index contributed by atoms with van der Waals surface area (Å²) in [4.78, 5) is 34.9. The third kappa shape index (κ3) is 3.13. The smallest absolute Gasteiger partial charge is 0.264 e. The summed E-state index contributed by atoms with van der Waals surface area (Å²) in [5.74, 6) is 0.953. The molecule has 1 aliphatic carbocycles. The quantitative estimate of drug-likeness (QED) is 0.898. The van der Waals surface area contributed by atoms with Gasteiger partial charge in [-0.1, -0.05) is 0 Å². The summed E-state index contributed by atoms with van der Waals surface area (Å²) in [7, 11) is 0. The molecule has 3 heterocycles. The molecule has 1 atom stereocenters. The lowest BCUT2D eigenvalue weighted by molar-refractivity contribution is -0.133. The van der Waals surface area contributed by atoms with E-state index in [9.17, 15) is 9.59 Å². The molecule has 4 rings (SSSR count). The van der Waals surface area contributed by atoms with E-state index in [0.717, 1.165) is 56.0 Å². The lowest BCUT2D eigenvalue weighted by Crippen LogP contribution is -2.48. The second-order valence-corrected chi connectivity index (χ2v) is 7.40. The average molecular weight is 353 g/mol.